The Morgan fingerprint density at radius 3 is 3.15 bits per heavy atom. The van der Waals surface area contributed by atoms with Gasteiger partial charge < -0.3 is 10.1 Å². The van der Waals surface area contributed by atoms with Crippen molar-refractivity contribution in [2.45, 2.75) is 19.1 Å². The largest absolute Gasteiger partial charge is 0.374 e. The van der Waals surface area contributed by atoms with Gasteiger partial charge >= 0.3 is 0 Å². The molecule has 3 heteroatoms. The number of nitrogens with zero attached hydrogens (tertiary/aromatic N) is 1. The monoisotopic (exact) mass is 184 g/mol. The molecule has 1 saturated heterocycles. The smallest absolute Gasteiger partial charge is 0.0826 e. The zero-order valence-electron chi connectivity index (χ0n) is 8.62. The summed E-state index contributed by atoms with van der Waals surface area (Å²) < 4.78 is 5.60. The van der Waals surface area contributed by atoms with E-state index in [4.69, 9.17) is 4.74 Å². The Morgan fingerprint density at radius 2 is 2.54 bits per heavy atom. The lowest BCUT2D eigenvalue weighted by atomic mass is 10.2. The van der Waals surface area contributed by atoms with Crippen LogP contribution < -0.4 is 5.32 Å². The average molecular weight is 184 g/mol. The summed E-state index contributed by atoms with van der Waals surface area (Å²) in [6.45, 7) is 9.78. The fourth-order valence-corrected chi connectivity index (χ4v) is 1.61. The van der Waals surface area contributed by atoms with E-state index in [9.17, 15) is 0 Å². The van der Waals surface area contributed by atoms with Crippen LogP contribution in [0.5, 0.6) is 0 Å². The Hall–Kier alpha value is -0.380. The molecule has 13 heavy (non-hydrogen) atoms. The number of likely N-dealkylation sites (N-methyl/N-ethyl adjacent to an activating group) is 1. The minimum absolute atomic E-state index is 0.334. The molecule has 1 aliphatic rings. The minimum atomic E-state index is 0.334. The molecule has 76 valence electrons. The van der Waals surface area contributed by atoms with Gasteiger partial charge in [0.25, 0.3) is 0 Å². The van der Waals surface area contributed by atoms with Gasteiger partial charge in [-0.3, -0.25) is 4.90 Å². The zero-order valence-corrected chi connectivity index (χ0v) is 8.62. The lowest BCUT2D eigenvalue weighted by molar-refractivity contribution is -0.0329. The molecule has 0 spiro atoms. The highest BCUT2D eigenvalue weighted by atomic mass is 16.5. The molecule has 0 amide bonds. The summed E-state index contributed by atoms with van der Waals surface area (Å²) in [6, 6.07) is 0.461. The van der Waals surface area contributed by atoms with Crippen LogP contribution in [0.2, 0.25) is 0 Å². The predicted molar refractivity (Wildman–Crippen MR) is 54.9 cm³/mol. The maximum absolute atomic E-state index is 5.60. The molecule has 2 unspecified atom stereocenters. The second-order valence-corrected chi connectivity index (χ2v) is 3.52. The zero-order chi connectivity index (χ0) is 9.68. The Bertz CT molecular complexity index is 159. The molecule has 0 aromatic rings. The summed E-state index contributed by atoms with van der Waals surface area (Å²) in [5.74, 6) is 0. The Labute approximate surface area is 80.8 Å². The van der Waals surface area contributed by atoms with Crippen LogP contribution in [0, 0.1) is 0 Å². The summed E-state index contributed by atoms with van der Waals surface area (Å²) in [5.41, 5.74) is 0. The first-order valence-electron chi connectivity index (χ1n) is 4.90. The van der Waals surface area contributed by atoms with E-state index in [1.165, 1.54) is 0 Å². The molecule has 0 aromatic heterocycles. The average Bonchev–Trinajstić information content (AvgIpc) is 2.18. The van der Waals surface area contributed by atoms with E-state index in [0.717, 1.165) is 26.2 Å². The van der Waals surface area contributed by atoms with Gasteiger partial charge in [-0.15, -0.1) is 6.58 Å². The second-order valence-electron chi connectivity index (χ2n) is 3.52. The molecule has 0 aromatic carbocycles. The minimum Gasteiger partial charge on any atom is -0.374 e. The SMILES string of the molecule is C=CC(C)N1CCOC(CNC)C1. The van der Waals surface area contributed by atoms with E-state index in [0.29, 0.717) is 12.1 Å². The first kappa shape index (κ1) is 10.7. The van der Waals surface area contributed by atoms with Gasteiger partial charge in [0.15, 0.2) is 0 Å². The molecular weight excluding hydrogens is 164 g/mol. The van der Waals surface area contributed by atoms with Crippen molar-refractivity contribution < 1.29 is 4.74 Å². The van der Waals surface area contributed by atoms with Crippen molar-refractivity contribution in [2.24, 2.45) is 0 Å². The quantitative estimate of drug-likeness (QED) is 0.643. The van der Waals surface area contributed by atoms with Gasteiger partial charge in [0.05, 0.1) is 12.7 Å². The molecule has 1 N–H and O–H groups in total. The number of nitrogens with one attached hydrogen (secondary N) is 1. The van der Waals surface area contributed by atoms with Crippen molar-refractivity contribution in [1.29, 1.82) is 0 Å². The normalized spacial score (nSPS) is 27.1. The van der Waals surface area contributed by atoms with Crippen LogP contribution >= 0.6 is 0 Å². The number of hydrogen-bond donors (Lipinski definition) is 1. The van der Waals surface area contributed by atoms with Crippen molar-refractivity contribution >= 4 is 0 Å². The molecule has 0 bridgehead atoms. The fourth-order valence-electron chi connectivity index (χ4n) is 1.61. The van der Waals surface area contributed by atoms with Crippen LogP contribution in [0.15, 0.2) is 12.7 Å². The fraction of sp³-hybridized carbons (Fsp3) is 0.800. The van der Waals surface area contributed by atoms with Gasteiger partial charge in [0.2, 0.25) is 0 Å². The Balaban J connectivity index is 2.36. The Kier molecular flexibility index (Phi) is 4.42. The van der Waals surface area contributed by atoms with Gasteiger partial charge in [-0.25, -0.2) is 0 Å². The van der Waals surface area contributed by atoms with Crippen molar-refractivity contribution in [3.8, 4) is 0 Å². The maximum Gasteiger partial charge on any atom is 0.0826 e. The molecule has 0 radical (unpaired) electrons. The van der Waals surface area contributed by atoms with E-state index < -0.39 is 0 Å². The summed E-state index contributed by atoms with van der Waals surface area (Å²) in [7, 11) is 1.96. The van der Waals surface area contributed by atoms with Gasteiger partial charge in [0.1, 0.15) is 0 Å². The van der Waals surface area contributed by atoms with Crippen LogP contribution in [0.25, 0.3) is 0 Å². The van der Waals surface area contributed by atoms with Crippen LogP contribution in [0.4, 0.5) is 0 Å². The molecule has 3 nitrogen and oxygen atoms in total. The first-order chi connectivity index (χ1) is 6.27. The van der Waals surface area contributed by atoms with E-state index in [2.05, 4.69) is 23.7 Å². The third-order valence-electron chi connectivity index (χ3n) is 2.52. The van der Waals surface area contributed by atoms with E-state index in [-0.39, 0.29) is 0 Å². The molecule has 1 heterocycles. The highest BCUT2D eigenvalue weighted by molar-refractivity contribution is 4.87. The van der Waals surface area contributed by atoms with Crippen molar-refractivity contribution in [3.05, 3.63) is 12.7 Å². The van der Waals surface area contributed by atoms with E-state index >= 15 is 0 Å². The van der Waals surface area contributed by atoms with Crippen molar-refractivity contribution in [1.82, 2.24) is 10.2 Å². The summed E-state index contributed by atoms with van der Waals surface area (Å²) >= 11 is 0. The van der Waals surface area contributed by atoms with Crippen LogP contribution in [0.3, 0.4) is 0 Å². The van der Waals surface area contributed by atoms with Crippen LogP contribution in [-0.4, -0.2) is 50.3 Å². The van der Waals surface area contributed by atoms with Gasteiger partial charge in [0, 0.05) is 25.7 Å². The summed E-state index contributed by atoms with van der Waals surface area (Å²) in [4.78, 5) is 2.40. The van der Waals surface area contributed by atoms with Crippen LogP contribution in [0.1, 0.15) is 6.92 Å². The predicted octanol–water partition coefficient (Wildman–Crippen LogP) is 0.481. The highest BCUT2D eigenvalue weighted by Crippen LogP contribution is 2.08. The third kappa shape index (κ3) is 3.10. The molecule has 0 saturated carbocycles. The van der Waals surface area contributed by atoms with Gasteiger partial charge in [-0.2, -0.15) is 0 Å². The highest BCUT2D eigenvalue weighted by Gasteiger charge is 2.21. The maximum atomic E-state index is 5.60. The number of ether oxygens (including phenoxy) is 1. The second kappa shape index (κ2) is 5.37. The van der Waals surface area contributed by atoms with Crippen molar-refractivity contribution in [3.63, 3.8) is 0 Å². The Morgan fingerprint density at radius 1 is 1.77 bits per heavy atom. The molecule has 2 atom stereocenters. The molecule has 1 aliphatic heterocycles. The van der Waals surface area contributed by atoms with Gasteiger partial charge in [-0.05, 0) is 14.0 Å². The topological polar surface area (TPSA) is 24.5 Å². The molecule has 1 rings (SSSR count). The molecular formula is C10H20N2O. The number of rotatable bonds is 4. The van der Waals surface area contributed by atoms with Crippen molar-refractivity contribution in [2.75, 3.05) is 33.3 Å². The number of hydrogen-bond acceptors (Lipinski definition) is 3. The number of morpholine rings is 1. The lowest BCUT2D eigenvalue weighted by Crippen LogP contribution is -2.48. The standard InChI is InChI=1S/C10H20N2O/c1-4-9(2)12-5-6-13-10(8-12)7-11-3/h4,9-11H,1,5-8H2,2-3H3. The molecule has 1 fully saturated rings. The first-order valence-corrected chi connectivity index (χ1v) is 4.90. The van der Waals surface area contributed by atoms with Crippen LogP contribution in [-0.2, 0) is 4.74 Å². The molecule has 0 aliphatic carbocycles. The van der Waals surface area contributed by atoms with E-state index in [1.807, 2.05) is 13.1 Å². The van der Waals surface area contributed by atoms with Gasteiger partial charge in [-0.1, -0.05) is 6.08 Å². The lowest BCUT2D eigenvalue weighted by Gasteiger charge is -2.35. The summed E-state index contributed by atoms with van der Waals surface area (Å²) in [5, 5.41) is 3.14. The van der Waals surface area contributed by atoms with E-state index in [1.54, 1.807) is 0 Å². The summed E-state index contributed by atoms with van der Waals surface area (Å²) in [6.07, 6.45) is 2.32. The third-order valence-corrected chi connectivity index (χ3v) is 2.52.